The number of para-hydroxylation sites is 1. The third-order valence-corrected chi connectivity index (χ3v) is 6.19. The molecule has 2 amide bonds. The predicted octanol–water partition coefficient (Wildman–Crippen LogP) is 3.75. The first-order valence-electron chi connectivity index (χ1n) is 9.84. The number of thiocarbonyl (C=S) groups is 1. The fourth-order valence-electron chi connectivity index (χ4n) is 3.32. The summed E-state index contributed by atoms with van der Waals surface area (Å²) in [5, 5.41) is 0. The number of esters is 1. The Kier molecular flexibility index (Phi) is 7.08. The van der Waals surface area contributed by atoms with Gasteiger partial charge in [-0.3, -0.25) is 19.3 Å². The van der Waals surface area contributed by atoms with Crippen LogP contribution in [0.1, 0.15) is 45.1 Å². The second kappa shape index (κ2) is 9.54. The number of nitrogens with zero attached hydrogens (tertiary/aromatic N) is 2. The number of thioether (sulfide) groups is 1. The molecule has 0 aliphatic carbocycles. The van der Waals surface area contributed by atoms with Gasteiger partial charge in [-0.25, -0.2) is 0 Å². The molecule has 0 atom stereocenters. The zero-order valence-corrected chi connectivity index (χ0v) is 18.2. The maximum Gasteiger partial charge on any atom is 0.326 e. The van der Waals surface area contributed by atoms with Crippen LogP contribution in [0.15, 0.2) is 29.2 Å². The Morgan fingerprint density at radius 2 is 1.83 bits per heavy atom. The van der Waals surface area contributed by atoms with E-state index in [2.05, 4.69) is 6.92 Å². The molecule has 154 valence electrons. The summed E-state index contributed by atoms with van der Waals surface area (Å²) in [6.45, 7) is 4.68. The first-order valence-corrected chi connectivity index (χ1v) is 11.1. The molecule has 2 aliphatic heterocycles. The summed E-state index contributed by atoms with van der Waals surface area (Å²) in [6, 6.07) is 7.49. The topological polar surface area (TPSA) is 66.9 Å². The Labute approximate surface area is 180 Å². The van der Waals surface area contributed by atoms with Crippen molar-refractivity contribution in [2.75, 3.05) is 24.6 Å². The van der Waals surface area contributed by atoms with Crippen LogP contribution in [0.2, 0.25) is 0 Å². The van der Waals surface area contributed by atoms with Gasteiger partial charge < -0.3 is 9.64 Å². The molecule has 0 radical (unpaired) electrons. The third kappa shape index (κ3) is 4.38. The maximum atomic E-state index is 13.2. The van der Waals surface area contributed by atoms with Crippen LogP contribution >= 0.6 is 24.0 Å². The summed E-state index contributed by atoms with van der Waals surface area (Å²) in [6.07, 6.45) is 3.69. The monoisotopic (exact) mass is 432 g/mol. The van der Waals surface area contributed by atoms with E-state index in [-0.39, 0.29) is 21.7 Å². The molecule has 0 unspecified atom stereocenters. The molecule has 2 aliphatic rings. The smallest absolute Gasteiger partial charge is 0.326 e. The molecule has 0 bridgehead atoms. The number of ether oxygens (including phenoxy) is 1. The van der Waals surface area contributed by atoms with Crippen LogP contribution in [-0.4, -0.2) is 46.7 Å². The summed E-state index contributed by atoms with van der Waals surface area (Å²) < 4.78 is 5.33. The molecule has 3 rings (SSSR count). The first kappa shape index (κ1) is 21.5. The van der Waals surface area contributed by atoms with Crippen LogP contribution in [0.5, 0.6) is 0 Å². The average Bonchev–Trinajstić information content (AvgIpc) is 3.14. The highest BCUT2D eigenvalue weighted by molar-refractivity contribution is 8.26. The molecule has 1 saturated heterocycles. The number of benzene rings is 1. The van der Waals surface area contributed by atoms with Crippen molar-refractivity contribution in [1.29, 1.82) is 0 Å². The second-order valence-electron chi connectivity index (χ2n) is 6.86. The average molecular weight is 433 g/mol. The van der Waals surface area contributed by atoms with Crippen molar-refractivity contribution >= 4 is 57.3 Å². The summed E-state index contributed by atoms with van der Waals surface area (Å²) in [5.41, 5.74) is 1.93. The minimum Gasteiger partial charge on any atom is -0.464 e. The maximum absolute atomic E-state index is 13.2. The van der Waals surface area contributed by atoms with Crippen LogP contribution in [0.25, 0.3) is 5.57 Å². The van der Waals surface area contributed by atoms with Gasteiger partial charge in [-0.15, -0.1) is 0 Å². The van der Waals surface area contributed by atoms with Crippen LogP contribution in [0.4, 0.5) is 5.69 Å². The van der Waals surface area contributed by atoms with Gasteiger partial charge in [0.25, 0.3) is 11.8 Å². The molecule has 1 fully saturated rings. The van der Waals surface area contributed by atoms with Gasteiger partial charge in [0.15, 0.2) is 0 Å². The van der Waals surface area contributed by atoms with Crippen molar-refractivity contribution in [3.63, 3.8) is 0 Å². The van der Waals surface area contributed by atoms with Gasteiger partial charge in [0.05, 0.1) is 22.8 Å². The standard InChI is InChI=1S/C21H24N2O4S2/c1-3-5-8-11-22-15-10-7-6-9-14(15)17(19(22)25)18-20(26)23(21(28)29-18)13-16(24)27-12-4-2/h6-7,9-10H,3-5,8,11-13H2,1-2H3. The lowest BCUT2D eigenvalue weighted by Crippen LogP contribution is -2.35. The Hall–Kier alpha value is -2.19. The van der Waals surface area contributed by atoms with Crippen molar-refractivity contribution in [2.45, 2.75) is 39.5 Å². The minimum absolute atomic E-state index is 0.184. The zero-order valence-electron chi connectivity index (χ0n) is 16.6. The fourth-order valence-corrected chi connectivity index (χ4v) is 4.64. The molecule has 0 saturated carbocycles. The molecule has 6 nitrogen and oxygen atoms in total. The lowest BCUT2D eigenvalue weighted by atomic mass is 10.1. The van der Waals surface area contributed by atoms with E-state index >= 15 is 0 Å². The molecule has 1 aromatic carbocycles. The van der Waals surface area contributed by atoms with E-state index in [0.29, 0.717) is 25.1 Å². The number of carbonyl (C=O) groups is 3. The Bertz CT molecular complexity index is 881. The van der Waals surface area contributed by atoms with Crippen LogP contribution in [-0.2, 0) is 19.1 Å². The molecular weight excluding hydrogens is 408 g/mol. The van der Waals surface area contributed by atoms with Gasteiger partial charge in [0, 0.05) is 12.1 Å². The largest absolute Gasteiger partial charge is 0.464 e. The van der Waals surface area contributed by atoms with Crippen molar-refractivity contribution < 1.29 is 19.1 Å². The van der Waals surface area contributed by atoms with E-state index < -0.39 is 11.9 Å². The summed E-state index contributed by atoms with van der Waals surface area (Å²) in [5.74, 6) is -1.10. The number of amides is 2. The molecule has 2 heterocycles. The van der Waals surface area contributed by atoms with E-state index in [4.69, 9.17) is 17.0 Å². The van der Waals surface area contributed by atoms with Crippen LogP contribution in [0, 0.1) is 0 Å². The lowest BCUT2D eigenvalue weighted by molar-refractivity contribution is -0.146. The van der Waals surface area contributed by atoms with Gasteiger partial charge in [0.2, 0.25) is 0 Å². The van der Waals surface area contributed by atoms with E-state index in [0.717, 1.165) is 42.3 Å². The third-order valence-electron chi connectivity index (χ3n) is 4.74. The SMILES string of the molecule is CCCCCN1C(=O)C(=C2SC(=S)N(CC(=O)OCCC)C2=O)c2ccccc21. The van der Waals surface area contributed by atoms with Crippen molar-refractivity contribution in [3.05, 3.63) is 34.7 Å². The number of rotatable bonds is 8. The van der Waals surface area contributed by atoms with Crippen molar-refractivity contribution in [2.24, 2.45) is 0 Å². The number of anilines is 1. The number of unbranched alkanes of at least 4 members (excludes halogenated alkanes) is 2. The number of hydrogen-bond donors (Lipinski definition) is 0. The van der Waals surface area contributed by atoms with Crippen LogP contribution in [0.3, 0.4) is 0 Å². The molecule has 1 aromatic rings. The predicted molar refractivity (Wildman–Crippen MR) is 118 cm³/mol. The first-order chi connectivity index (χ1) is 14.0. The Balaban J connectivity index is 1.90. The summed E-state index contributed by atoms with van der Waals surface area (Å²) in [4.78, 5) is 41.4. The van der Waals surface area contributed by atoms with E-state index in [1.54, 1.807) is 4.90 Å². The van der Waals surface area contributed by atoms with Gasteiger partial charge in [0.1, 0.15) is 10.9 Å². The highest BCUT2D eigenvalue weighted by atomic mass is 32.2. The molecule has 0 N–H and O–H groups in total. The molecular formula is C21H24N2O4S2. The van der Waals surface area contributed by atoms with E-state index in [9.17, 15) is 14.4 Å². The fraction of sp³-hybridized carbons (Fsp3) is 0.429. The number of hydrogen-bond acceptors (Lipinski definition) is 6. The number of fused-ring (bicyclic) bond motifs is 1. The highest BCUT2D eigenvalue weighted by Crippen LogP contribution is 2.44. The highest BCUT2D eigenvalue weighted by Gasteiger charge is 2.42. The van der Waals surface area contributed by atoms with Gasteiger partial charge in [-0.05, 0) is 18.9 Å². The van der Waals surface area contributed by atoms with E-state index in [1.807, 2.05) is 31.2 Å². The van der Waals surface area contributed by atoms with Crippen molar-refractivity contribution in [3.8, 4) is 0 Å². The molecule has 8 heteroatoms. The normalized spacial score (nSPS) is 18.6. The van der Waals surface area contributed by atoms with Crippen molar-refractivity contribution in [1.82, 2.24) is 4.90 Å². The second-order valence-corrected chi connectivity index (χ2v) is 8.51. The number of carbonyl (C=O) groups excluding carboxylic acids is 3. The van der Waals surface area contributed by atoms with Gasteiger partial charge in [-0.1, -0.05) is 68.9 Å². The molecule has 0 spiro atoms. The van der Waals surface area contributed by atoms with Gasteiger partial charge >= 0.3 is 5.97 Å². The zero-order chi connectivity index (χ0) is 21.0. The molecule has 29 heavy (non-hydrogen) atoms. The Morgan fingerprint density at radius 1 is 1.07 bits per heavy atom. The van der Waals surface area contributed by atoms with E-state index in [1.165, 1.54) is 4.90 Å². The Morgan fingerprint density at radius 3 is 2.55 bits per heavy atom. The summed E-state index contributed by atoms with van der Waals surface area (Å²) >= 11 is 6.39. The van der Waals surface area contributed by atoms with Gasteiger partial charge in [-0.2, -0.15) is 0 Å². The minimum atomic E-state index is -0.506. The quantitative estimate of drug-likeness (QED) is 0.270. The summed E-state index contributed by atoms with van der Waals surface area (Å²) in [7, 11) is 0. The van der Waals surface area contributed by atoms with Crippen LogP contribution < -0.4 is 4.90 Å². The molecule has 0 aromatic heterocycles. The lowest BCUT2D eigenvalue weighted by Gasteiger charge is -2.16.